The Morgan fingerprint density at radius 1 is 1.31 bits per heavy atom. The summed E-state index contributed by atoms with van der Waals surface area (Å²) in [7, 11) is 0. The van der Waals surface area contributed by atoms with Crippen LogP contribution in [0.3, 0.4) is 0 Å². The van der Waals surface area contributed by atoms with Crippen molar-refractivity contribution in [1.82, 2.24) is 0 Å². The summed E-state index contributed by atoms with van der Waals surface area (Å²) in [6.07, 6.45) is 5.38. The zero-order valence-corrected chi connectivity index (χ0v) is 7.53. The van der Waals surface area contributed by atoms with Crippen LogP contribution in [-0.4, -0.2) is 12.7 Å². The minimum Gasteiger partial charge on any atom is -0.292 e. The number of rotatable bonds is 0. The van der Waals surface area contributed by atoms with Crippen molar-refractivity contribution in [2.75, 3.05) is 6.52 Å². The van der Waals surface area contributed by atoms with Gasteiger partial charge in [0.15, 0.2) is 0 Å². The first kappa shape index (κ1) is 6.36. The van der Waals surface area contributed by atoms with Crippen LogP contribution < -0.4 is 0 Å². The monoisotopic (exact) mass is 172 g/mol. The average molecular weight is 172 g/mol. The van der Waals surface area contributed by atoms with Crippen LogP contribution in [0.15, 0.2) is 29.3 Å². The van der Waals surface area contributed by atoms with E-state index in [1.807, 2.05) is 12.3 Å². The molecule has 1 heteroatoms. The second kappa shape index (κ2) is 2.44. The summed E-state index contributed by atoms with van der Waals surface area (Å²) in [6, 6.07) is 8.39. The molecule has 1 aliphatic carbocycles. The molecular formula is C12H13N. The highest BCUT2D eigenvalue weighted by Crippen LogP contribution is 2.46. The molecular weight excluding hydrogens is 158 g/mol. The first-order valence-corrected chi connectivity index (χ1v) is 4.88. The second-order valence-corrected chi connectivity index (χ2v) is 4.00. The summed E-state index contributed by atoms with van der Waals surface area (Å²) in [6.45, 7) is -0.272. The van der Waals surface area contributed by atoms with Crippen LogP contribution >= 0.6 is 0 Å². The van der Waals surface area contributed by atoms with Crippen molar-refractivity contribution in [1.29, 1.82) is 0 Å². The topological polar surface area (TPSA) is 12.4 Å². The van der Waals surface area contributed by atoms with Crippen molar-refractivity contribution < 1.29 is 1.37 Å². The van der Waals surface area contributed by atoms with E-state index in [0.717, 1.165) is 12.8 Å². The highest BCUT2D eigenvalue weighted by molar-refractivity contribution is 5.84. The standard InChI is InChI=1S/C12H13N/c1-2-5-11-10(4-1)8-13-9-12(11)6-3-7-12/h1-2,4-5,8H,3,6-7,9H2/i9D. The summed E-state index contributed by atoms with van der Waals surface area (Å²) in [4.78, 5) is 4.29. The smallest absolute Gasteiger partial charge is 0.0524 e. The molecule has 0 radical (unpaired) electrons. The fourth-order valence-corrected chi connectivity index (χ4v) is 2.35. The number of benzene rings is 1. The Morgan fingerprint density at radius 3 is 2.92 bits per heavy atom. The molecule has 1 nitrogen and oxygen atoms in total. The molecule has 1 atom stereocenters. The van der Waals surface area contributed by atoms with Crippen molar-refractivity contribution in [3.8, 4) is 0 Å². The summed E-state index contributed by atoms with van der Waals surface area (Å²) in [5.74, 6) is 0. The lowest BCUT2D eigenvalue weighted by Crippen LogP contribution is -2.39. The molecule has 0 N–H and O–H groups in total. The van der Waals surface area contributed by atoms with Crippen LogP contribution in [0.2, 0.25) is 0 Å². The van der Waals surface area contributed by atoms with Gasteiger partial charge in [-0.3, -0.25) is 4.99 Å². The highest BCUT2D eigenvalue weighted by atomic mass is 14.8. The summed E-state index contributed by atoms with van der Waals surface area (Å²) in [5.41, 5.74) is 2.63. The molecule has 0 bridgehead atoms. The van der Waals surface area contributed by atoms with Gasteiger partial charge in [-0.25, -0.2) is 0 Å². The Hall–Kier alpha value is -1.11. The lowest BCUT2D eigenvalue weighted by molar-refractivity contribution is 0.251. The van der Waals surface area contributed by atoms with Gasteiger partial charge < -0.3 is 0 Å². The average Bonchev–Trinajstić information content (AvgIpc) is 2.15. The van der Waals surface area contributed by atoms with E-state index in [-0.39, 0.29) is 11.9 Å². The molecule has 66 valence electrons. The highest BCUT2D eigenvalue weighted by Gasteiger charge is 2.40. The van der Waals surface area contributed by atoms with Crippen molar-refractivity contribution in [2.45, 2.75) is 24.7 Å². The maximum Gasteiger partial charge on any atom is 0.0524 e. The predicted octanol–water partition coefficient (Wildman–Crippen LogP) is 2.54. The molecule has 0 amide bonds. The summed E-state index contributed by atoms with van der Waals surface area (Å²) in [5, 5.41) is 0. The fourth-order valence-electron chi connectivity index (χ4n) is 2.35. The minimum atomic E-state index is -0.272. The van der Waals surface area contributed by atoms with Crippen molar-refractivity contribution in [2.24, 2.45) is 4.99 Å². The van der Waals surface area contributed by atoms with E-state index < -0.39 is 0 Å². The molecule has 1 fully saturated rings. The molecule has 1 aromatic carbocycles. The minimum absolute atomic E-state index is 0.0609. The van der Waals surface area contributed by atoms with Gasteiger partial charge in [-0.2, -0.15) is 0 Å². The van der Waals surface area contributed by atoms with E-state index in [9.17, 15) is 0 Å². The molecule has 1 saturated carbocycles. The molecule has 1 spiro atoms. The Kier molecular flexibility index (Phi) is 1.19. The van der Waals surface area contributed by atoms with E-state index in [0.29, 0.717) is 0 Å². The fraction of sp³-hybridized carbons (Fsp3) is 0.417. The quantitative estimate of drug-likeness (QED) is 0.570. The lowest BCUT2D eigenvalue weighted by atomic mass is 9.62. The zero-order valence-electron chi connectivity index (χ0n) is 8.53. The van der Waals surface area contributed by atoms with Crippen LogP contribution in [0, 0.1) is 0 Å². The third kappa shape index (κ3) is 0.902. The normalized spacial score (nSPS) is 29.2. The third-order valence-corrected chi connectivity index (χ3v) is 3.28. The van der Waals surface area contributed by atoms with Crippen LogP contribution in [0.5, 0.6) is 0 Å². The van der Waals surface area contributed by atoms with Gasteiger partial charge in [0.2, 0.25) is 0 Å². The Bertz CT molecular complexity index is 393. The van der Waals surface area contributed by atoms with E-state index in [2.05, 4.69) is 23.2 Å². The Labute approximate surface area is 79.9 Å². The van der Waals surface area contributed by atoms with E-state index in [4.69, 9.17) is 1.37 Å². The number of hydrogen-bond donors (Lipinski definition) is 0. The molecule has 1 heterocycles. The predicted molar refractivity (Wildman–Crippen MR) is 54.4 cm³/mol. The molecule has 3 rings (SSSR count). The first-order chi connectivity index (χ1) is 6.83. The molecule has 2 aliphatic rings. The van der Waals surface area contributed by atoms with Gasteiger partial charge in [-0.15, -0.1) is 0 Å². The number of fused-ring (bicyclic) bond motifs is 2. The van der Waals surface area contributed by atoms with Gasteiger partial charge >= 0.3 is 0 Å². The van der Waals surface area contributed by atoms with Crippen LogP contribution in [0.4, 0.5) is 0 Å². The number of hydrogen-bond acceptors (Lipinski definition) is 1. The van der Waals surface area contributed by atoms with E-state index >= 15 is 0 Å². The van der Waals surface area contributed by atoms with E-state index in [1.54, 1.807) is 0 Å². The lowest BCUT2D eigenvalue weighted by Gasteiger charge is -2.43. The molecule has 13 heavy (non-hydrogen) atoms. The third-order valence-electron chi connectivity index (χ3n) is 3.28. The van der Waals surface area contributed by atoms with Gasteiger partial charge in [0, 0.05) is 18.2 Å². The molecule has 1 aromatic rings. The number of nitrogens with zero attached hydrogens (tertiary/aromatic N) is 1. The SMILES string of the molecule is [2H]C1N=Cc2ccccc2C12CCC2. The van der Waals surface area contributed by atoms with Gasteiger partial charge in [0.05, 0.1) is 1.37 Å². The molecule has 1 unspecified atom stereocenters. The Morgan fingerprint density at radius 2 is 2.15 bits per heavy atom. The van der Waals surface area contributed by atoms with Gasteiger partial charge in [0.25, 0.3) is 0 Å². The van der Waals surface area contributed by atoms with Gasteiger partial charge in [-0.1, -0.05) is 30.7 Å². The number of aliphatic imine (C=N–C) groups is 1. The summed E-state index contributed by atoms with van der Waals surface area (Å²) >= 11 is 0. The molecule has 0 saturated heterocycles. The largest absolute Gasteiger partial charge is 0.292 e. The molecule has 1 aliphatic heterocycles. The van der Waals surface area contributed by atoms with Crippen molar-refractivity contribution >= 4 is 6.21 Å². The first-order valence-electron chi connectivity index (χ1n) is 5.46. The van der Waals surface area contributed by atoms with Crippen LogP contribution in [0.1, 0.15) is 31.8 Å². The van der Waals surface area contributed by atoms with E-state index in [1.165, 1.54) is 17.5 Å². The Balaban J connectivity index is 2.18. The van der Waals surface area contributed by atoms with Crippen molar-refractivity contribution in [3.63, 3.8) is 0 Å². The second-order valence-electron chi connectivity index (χ2n) is 4.00. The molecule has 0 aromatic heterocycles. The van der Waals surface area contributed by atoms with Crippen LogP contribution in [0.25, 0.3) is 0 Å². The zero-order chi connectivity index (χ0) is 9.60. The van der Waals surface area contributed by atoms with Crippen LogP contribution in [-0.2, 0) is 5.41 Å². The maximum atomic E-state index is 8.01. The maximum absolute atomic E-state index is 8.01. The van der Waals surface area contributed by atoms with Crippen molar-refractivity contribution in [3.05, 3.63) is 35.4 Å². The summed E-state index contributed by atoms with van der Waals surface area (Å²) < 4.78 is 8.01. The van der Waals surface area contributed by atoms with Gasteiger partial charge in [0.1, 0.15) is 0 Å². The van der Waals surface area contributed by atoms with Gasteiger partial charge in [-0.05, 0) is 24.0 Å².